The quantitative estimate of drug-likeness (QED) is 0.587. The topological polar surface area (TPSA) is 46.5 Å². The molecule has 0 rings (SSSR count). The number of Topliss-reactive ketones (excluding diaryl/α,β-unsaturated/α-hetero) is 1. The molecule has 0 aliphatic rings. The van der Waals surface area contributed by atoms with Gasteiger partial charge in [0, 0.05) is 6.42 Å². The molecular formula is C16H34O3Si. The summed E-state index contributed by atoms with van der Waals surface area (Å²) in [7, 11) is -1.40. The zero-order valence-corrected chi connectivity index (χ0v) is 15.9. The van der Waals surface area contributed by atoms with E-state index in [4.69, 9.17) is 9.53 Å². The Morgan fingerprint density at radius 1 is 1.10 bits per heavy atom. The predicted octanol–water partition coefficient (Wildman–Crippen LogP) is 4.32. The van der Waals surface area contributed by atoms with E-state index in [0.717, 1.165) is 6.42 Å². The number of hydrogen-bond donors (Lipinski definition) is 1. The van der Waals surface area contributed by atoms with Crippen molar-refractivity contribution in [3.8, 4) is 0 Å². The molecule has 0 saturated heterocycles. The molecule has 20 heavy (non-hydrogen) atoms. The van der Waals surface area contributed by atoms with Gasteiger partial charge in [-0.05, 0) is 67.6 Å². The first kappa shape index (κ1) is 21.8. The summed E-state index contributed by atoms with van der Waals surface area (Å²) in [6, 6.07) is 0. The lowest BCUT2D eigenvalue weighted by atomic mass is 10.0. The van der Waals surface area contributed by atoms with Crippen LogP contribution >= 0.6 is 0 Å². The smallest absolute Gasteiger partial charge is 0.184 e. The fourth-order valence-corrected chi connectivity index (χ4v) is 3.93. The summed E-state index contributed by atoms with van der Waals surface area (Å²) in [6.07, 6.45) is 1.20. The minimum atomic E-state index is -1.40. The Morgan fingerprint density at radius 3 is 1.65 bits per heavy atom. The number of aliphatic hydroxyl groups is 1. The van der Waals surface area contributed by atoms with Gasteiger partial charge in [0.05, 0.1) is 11.2 Å². The lowest BCUT2D eigenvalue weighted by molar-refractivity contribution is -0.120. The van der Waals surface area contributed by atoms with E-state index < -0.39 is 13.9 Å². The van der Waals surface area contributed by atoms with Crippen molar-refractivity contribution in [2.45, 2.75) is 85.2 Å². The predicted molar refractivity (Wildman–Crippen MR) is 89.5 cm³/mol. The highest BCUT2D eigenvalue weighted by Crippen LogP contribution is 2.23. The minimum Gasteiger partial charge on any atom is -0.412 e. The summed E-state index contributed by atoms with van der Waals surface area (Å²) in [5, 5.41) is 8.97. The Morgan fingerprint density at radius 2 is 1.50 bits per heavy atom. The Labute approximate surface area is 126 Å². The third kappa shape index (κ3) is 19.9. The van der Waals surface area contributed by atoms with Gasteiger partial charge in [-0.15, -0.1) is 6.58 Å². The van der Waals surface area contributed by atoms with Crippen molar-refractivity contribution < 1.29 is 14.3 Å². The third-order valence-corrected chi connectivity index (χ3v) is 3.16. The van der Waals surface area contributed by atoms with Crippen LogP contribution in [0.25, 0.3) is 0 Å². The fraction of sp³-hybridized carbons (Fsp3) is 0.812. The Hall–Kier alpha value is -0.453. The maximum absolute atomic E-state index is 10.3. The zero-order valence-electron chi connectivity index (χ0n) is 14.9. The average molecular weight is 303 g/mol. The van der Waals surface area contributed by atoms with E-state index in [1.54, 1.807) is 13.8 Å². The van der Waals surface area contributed by atoms with Gasteiger partial charge in [0.15, 0.2) is 8.32 Å². The SMILES string of the molecule is C=C(C)CC(C)(C)O[Si](C)(C)C.CC(=O)CC(C)(C)O. The summed E-state index contributed by atoms with van der Waals surface area (Å²) in [6.45, 7) is 21.6. The van der Waals surface area contributed by atoms with Crippen molar-refractivity contribution in [1.82, 2.24) is 0 Å². The number of rotatable bonds is 6. The van der Waals surface area contributed by atoms with E-state index >= 15 is 0 Å². The summed E-state index contributed by atoms with van der Waals surface area (Å²) in [5.74, 6) is 0.0255. The van der Waals surface area contributed by atoms with Crippen LogP contribution in [-0.2, 0) is 9.22 Å². The van der Waals surface area contributed by atoms with Crippen molar-refractivity contribution >= 4 is 14.1 Å². The molecule has 0 unspecified atom stereocenters. The number of carbonyl (C=O) groups excluding carboxylic acids is 1. The van der Waals surface area contributed by atoms with Gasteiger partial charge in [-0.3, -0.25) is 4.79 Å². The average Bonchev–Trinajstić information content (AvgIpc) is 1.88. The van der Waals surface area contributed by atoms with E-state index in [1.165, 1.54) is 12.5 Å². The molecule has 0 aromatic rings. The molecular weight excluding hydrogens is 268 g/mol. The van der Waals surface area contributed by atoms with Crippen LogP contribution in [0.15, 0.2) is 12.2 Å². The van der Waals surface area contributed by atoms with E-state index in [-0.39, 0.29) is 17.8 Å². The van der Waals surface area contributed by atoms with Crippen LogP contribution in [0.4, 0.5) is 0 Å². The molecule has 0 fully saturated rings. The van der Waals surface area contributed by atoms with Crippen LogP contribution in [0.2, 0.25) is 19.6 Å². The van der Waals surface area contributed by atoms with Crippen LogP contribution < -0.4 is 0 Å². The molecule has 1 N–H and O–H groups in total. The molecule has 4 heteroatoms. The molecule has 0 heterocycles. The first-order chi connectivity index (χ1) is 8.54. The van der Waals surface area contributed by atoms with Gasteiger partial charge in [-0.25, -0.2) is 0 Å². The first-order valence-electron chi connectivity index (χ1n) is 7.10. The van der Waals surface area contributed by atoms with Crippen LogP contribution in [0, 0.1) is 0 Å². The van der Waals surface area contributed by atoms with Gasteiger partial charge in [-0.1, -0.05) is 5.57 Å². The molecule has 0 spiro atoms. The highest BCUT2D eigenvalue weighted by atomic mass is 28.4. The Bertz CT molecular complexity index is 320. The highest BCUT2D eigenvalue weighted by molar-refractivity contribution is 6.69. The monoisotopic (exact) mass is 302 g/mol. The van der Waals surface area contributed by atoms with Crippen LogP contribution in [0.1, 0.15) is 54.4 Å². The van der Waals surface area contributed by atoms with Gasteiger partial charge in [0.2, 0.25) is 0 Å². The number of carbonyl (C=O) groups is 1. The standard InChI is InChI=1S/C10H22OSi.C6H12O2/c1-9(2)8-10(3,4)11-12(5,6)7;1-5(7)4-6(2,3)8/h1,8H2,2-7H3;8H,4H2,1-3H3. The van der Waals surface area contributed by atoms with Crippen molar-refractivity contribution in [2.24, 2.45) is 0 Å². The molecule has 0 atom stereocenters. The van der Waals surface area contributed by atoms with Crippen LogP contribution in [-0.4, -0.2) is 30.4 Å². The normalized spacial score (nSPS) is 12.5. The second-order valence-electron chi connectivity index (χ2n) is 7.80. The molecule has 0 aromatic heterocycles. The van der Waals surface area contributed by atoms with E-state index in [9.17, 15) is 4.79 Å². The Balaban J connectivity index is 0. The minimum absolute atomic E-state index is 0.0255. The first-order valence-corrected chi connectivity index (χ1v) is 10.5. The van der Waals surface area contributed by atoms with E-state index in [2.05, 4.69) is 47.0 Å². The van der Waals surface area contributed by atoms with E-state index in [0.29, 0.717) is 0 Å². The number of ketones is 1. The second-order valence-corrected chi connectivity index (χ2v) is 12.2. The van der Waals surface area contributed by atoms with Gasteiger partial charge in [0.25, 0.3) is 0 Å². The fourth-order valence-electron chi connectivity index (χ4n) is 2.20. The van der Waals surface area contributed by atoms with Crippen molar-refractivity contribution in [3.05, 3.63) is 12.2 Å². The van der Waals surface area contributed by atoms with Crippen molar-refractivity contribution in [1.29, 1.82) is 0 Å². The lowest BCUT2D eigenvalue weighted by Crippen LogP contribution is -2.38. The van der Waals surface area contributed by atoms with Gasteiger partial charge < -0.3 is 9.53 Å². The molecule has 0 aliphatic carbocycles. The van der Waals surface area contributed by atoms with Gasteiger partial charge >= 0.3 is 0 Å². The Kier molecular flexibility index (Phi) is 8.85. The number of hydrogen-bond acceptors (Lipinski definition) is 3. The summed E-state index contributed by atoms with van der Waals surface area (Å²) < 4.78 is 6.01. The summed E-state index contributed by atoms with van der Waals surface area (Å²) >= 11 is 0. The van der Waals surface area contributed by atoms with Crippen LogP contribution in [0.3, 0.4) is 0 Å². The third-order valence-electron chi connectivity index (χ3n) is 1.99. The van der Waals surface area contributed by atoms with Gasteiger partial charge in [-0.2, -0.15) is 0 Å². The maximum Gasteiger partial charge on any atom is 0.184 e. The summed E-state index contributed by atoms with van der Waals surface area (Å²) in [4.78, 5) is 10.3. The van der Waals surface area contributed by atoms with Crippen LogP contribution in [0.5, 0.6) is 0 Å². The zero-order chi connectivity index (χ0) is 16.8. The molecule has 3 nitrogen and oxygen atoms in total. The lowest BCUT2D eigenvalue weighted by Gasteiger charge is -2.33. The van der Waals surface area contributed by atoms with Crippen molar-refractivity contribution in [3.63, 3.8) is 0 Å². The summed E-state index contributed by atoms with van der Waals surface area (Å²) in [5.41, 5.74) is 0.334. The highest BCUT2D eigenvalue weighted by Gasteiger charge is 2.26. The molecule has 0 bridgehead atoms. The van der Waals surface area contributed by atoms with Gasteiger partial charge in [0.1, 0.15) is 5.78 Å². The largest absolute Gasteiger partial charge is 0.412 e. The maximum atomic E-state index is 10.3. The molecule has 0 saturated carbocycles. The van der Waals surface area contributed by atoms with E-state index in [1.807, 2.05) is 0 Å². The second kappa shape index (κ2) is 8.10. The molecule has 120 valence electrons. The molecule has 0 aromatic carbocycles. The molecule has 0 aliphatic heterocycles. The molecule has 0 radical (unpaired) electrons. The van der Waals surface area contributed by atoms with Crippen molar-refractivity contribution in [2.75, 3.05) is 0 Å². The molecule has 0 amide bonds.